The summed E-state index contributed by atoms with van der Waals surface area (Å²) in [4.78, 5) is 0. The van der Waals surface area contributed by atoms with Crippen LogP contribution in [-0.4, -0.2) is 6.04 Å². The number of nitrogens with one attached hydrogen (secondary N) is 1. The molecule has 1 rings (SSSR count). The third-order valence-electron chi connectivity index (χ3n) is 2.37. The SMILES string of the molecule is C=CCC[C@H](C)NCc1ccc(F)cc1. The summed E-state index contributed by atoms with van der Waals surface area (Å²) in [5.74, 6) is -0.182. The van der Waals surface area contributed by atoms with Crippen LogP contribution < -0.4 is 5.32 Å². The van der Waals surface area contributed by atoms with Crippen molar-refractivity contribution in [2.45, 2.75) is 32.4 Å². The zero-order valence-corrected chi connectivity index (χ0v) is 9.17. The molecule has 0 spiro atoms. The molecule has 0 saturated carbocycles. The standard InChI is InChI=1S/C13H18FN/c1-3-4-5-11(2)15-10-12-6-8-13(14)9-7-12/h3,6-9,11,15H,1,4-5,10H2,2H3/t11-/m0/s1. The van der Waals surface area contributed by atoms with Gasteiger partial charge in [-0.25, -0.2) is 4.39 Å². The molecule has 0 saturated heterocycles. The minimum atomic E-state index is -0.182. The van der Waals surface area contributed by atoms with E-state index in [1.807, 2.05) is 18.2 Å². The van der Waals surface area contributed by atoms with Crippen LogP contribution in [0, 0.1) is 5.82 Å². The minimum absolute atomic E-state index is 0.182. The van der Waals surface area contributed by atoms with Crippen molar-refractivity contribution >= 4 is 0 Å². The van der Waals surface area contributed by atoms with Crippen molar-refractivity contribution in [2.75, 3.05) is 0 Å². The second-order valence-electron chi connectivity index (χ2n) is 3.77. The maximum atomic E-state index is 12.6. The molecule has 0 aromatic heterocycles. The van der Waals surface area contributed by atoms with Crippen LogP contribution in [0.4, 0.5) is 4.39 Å². The average molecular weight is 207 g/mol. The van der Waals surface area contributed by atoms with Gasteiger partial charge < -0.3 is 5.32 Å². The highest BCUT2D eigenvalue weighted by atomic mass is 19.1. The molecule has 0 radical (unpaired) electrons. The van der Waals surface area contributed by atoms with E-state index in [1.165, 1.54) is 12.1 Å². The molecule has 15 heavy (non-hydrogen) atoms. The first-order chi connectivity index (χ1) is 7.22. The molecular formula is C13H18FN. The zero-order valence-electron chi connectivity index (χ0n) is 9.17. The third kappa shape index (κ3) is 4.75. The average Bonchev–Trinajstić information content (AvgIpc) is 2.25. The van der Waals surface area contributed by atoms with E-state index in [2.05, 4.69) is 18.8 Å². The Morgan fingerprint density at radius 3 is 2.67 bits per heavy atom. The summed E-state index contributed by atoms with van der Waals surface area (Å²) < 4.78 is 12.6. The summed E-state index contributed by atoms with van der Waals surface area (Å²) in [7, 11) is 0. The Balaban J connectivity index is 2.30. The Morgan fingerprint density at radius 2 is 2.07 bits per heavy atom. The van der Waals surface area contributed by atoms with Crippen molar-refractivity contribution in [2.24, 2.45) is 0 Å². The van der Waals surface area contributed by atoms with Crippen molar-refractivity contribution in [1.82, 2.24) is 5.32 Å². The van der Waals surface area contributed by atoms with E-state index in [0.717, 1.165) is 24.9 Å². The Hall–Kier alpha value is -1.15. The Bertz CT molecular complexity index is 292. The van der Waals surface area contributed by atoms with Gasteiger partial charge in [0.2, 0.25) is 0 Å². The van der Waals surface area contributed by atoms with E-state index in [9.17, 15) is 4.39 Å². The van der Waals surface area contributed by atoms with Gasteiger partial charge in [0.1, 0.15) is 5.82 Å². The Morgan fingerprint density at radius 1 is 1.40 bits per heavy atom. The van der Waals surface area contributed by atoms with Gasteiger partial charge in [-0.05, 0) is 37.5 Å². The number of halogens is 1. The molecule has 0 aliphatic carbocycles. The number of rotatable bonds is 6. The van der Waals surface area contributed by atoms with E-state index >= 15 is 0 Å². The second kappa shape index (κ2) is 6.36. The molecule has 0 heterocycles. The number of benzene rings is 1. The first-order valence-electron chi connectivity index (χ1n) is 5.31. The number of allylic oxidation sites excluding steroid dienone is 1. The predicted octanol–water partition coefficient (Wildman–Crippen LogP) is 3.27. The van der Waals surface area contributed by atoms with Crippen LogP contribution in [0.2, 0.25) is 0 Å². The molecule has 0 unspecified atom stereocenters. The van der Waals surface area contributed by atoms with Gasteiger partial charge in [-0.3, -0.25) is 0 Å². The molecule has 0 aliphatic rings. The molecule has 1 atom stereocenters. The van der Waals surface area contributed by atoms with Crippen LogP contribution in [0.5, 0.6) is 0 Å². The first kappa shape index (κ1) is 11.9. The summed E-state index contributed by atoms with van der Waals surface area (Å²) in [5, 5.41) is 3.38. The molecule has 1 aromatic carbocycles. The van der Waals surface area contributed by atoms with Crippen molar-refractivity contribution in [3.8, 4) is 0 Å². The van der Waals surface area contributed by atoms with Gasteiger partial charge in [0.25, 0.3) is 0 Å². The Labute approximate surface area is 91.0 Å². The normalized spacial score (nSPS) is 12.4. The van der Waals surface area contributed by atoms with Gasteiger partial charge in [0.05, 0.1) is 0 Å². The molecule has 0 bridgehead atoms. The number of hydrogen-bond acceptors (Lipinski definition) is 1. The monoisotopic (exact) mass is 207 g/mol. The summed E-state index contributed by atoms with van der Waals surface area (Å²) in [6.07, 6.45) is 4.04. The summed E-state index contributed by atoms with van der Waals surface area (Å²) in [5.41, 5.74) is 1.11. The maximum Gasteiger partial charge on any atom is 0.123 e. The first-order valence-corrected chi connectivity index (χ1v) is 5.31. The van der Waals surface area contributed by atoms with Crippen LogP contribution in [0.3, 0.4) is 0 Å². The van der Waals surface area contributed by atoms with E-state index in [4.69, 9.17) is 0 Å². The quantitative estimate of drug-likeness (QED) is 0.706. The van der Waals surface area contributed by atoms with Crippen LogP contribution in [-0.2, 0) is 6.54 Å². The van der Waals surface area contributed by atoms with Crippen molar-refractivity contribution in [3.05, 3.63) is 48.3 Å². The van der Waals surface area contributed by atoms with Crippen molar-refractivity contribution < 1.29 is 4.39 Å². The highest BCUT2D eigenvalue weighted by Crippen LogP contribution is 2.04. The van der Waals surface area contributed by atoms with Crippen molar-refractivity contribution in [3.63, 3.8) is 0 Å². The van der Waals surface area contributed by atoms with E-state index in [1.54, 1.807) is 0 Å². The minimum Gasteiger partial charge on any atom is -0.310 e. The summed E-state index contributed by atoms with van der Waals surface area (Å²) >= 11 is 0. The second-order valence-corrected chi connectivity index (χ2v) is 3.77. The van der Waals surface area contributed by atoms with Crippen LogP contribution >= 0.6 is 0 Å². The molecular weight excluding hydrogens is 189 g/mol. The van der Waals surface area contributed by atoms with Crippen LogP contribution in [0.25, 0.3) is 0 Å². The van der Waals surface area contributed by atoms with Gasteiger partial charge >= 0.3 is 0 Å². The zero-order chi connectivity index (χ0) is 11.1. The molecule has 0 fully saturated rings. The summed E-state index contributed by atoms with van der Waals surface area (Å²) in [6, 6.07) is 7.06. The molecule has 0 aliphatic heterocycles. The molecule has 1 nitrogen and oxygen atoms in total. The smallest absolute Gasteiger partial charge is 0.123 e. The van der Waals surface area contributed by atoms with Crippen LogP contribution in [0.15, 0.2) is 36.9 Å². The van der Waals surface area contributed by atoms with Gasteiger partial charge in [0.15, 0.2) is 0 Å². The van der Waals surface area contributed by atoms with Gasteiger partial charge in [-0.15, -0.1) is 6.58 Å². The number of hydrogen-bond donors (Lipinski definition) is 1. The fraction of sp³-hybridized carbons (Fsp3) is 0.385. The third-order valence-corrected chi connectivity index (χ3v) is 2.37. The van der Waals surface area contributed by atoms with Gasteiger partial charge in [0, 0.05) is 12.6 Å². The lowest BCUT2D eigenvalue weighted by Gasteiger charge is -2.12. The largest absolute Gasteiger partial charge is 0.310 e. The maximum absolute atomic E-state index is 12.6. The molecule has 82 valence electrons. The fourth-order valence-corrected chi connectivity index (χ4v) is 1.36. The predicted molar refractivity (Wildman–Crippen MR) is 62.1 cm³/mol. The van der Waals surface area contributed by atoms with Crippen molar-refractivity contribution in [1.29, 1.82) is 0 Å². The highest BCUT2D eigenvalue weighted by Gasteiger charge is 2.00. The van der Waals surface area contributed by atoms with Gasteiger partial charge in [-0.2, -0.15) is 0 Å². The lowest BCUT2D eigenvalue weighted by molar-refractivity contribution is 0.517. The van der Waals surface area contributed by atoms with Crippen LogP contribution in [0.1, 0.15) is 25.3 Å². The van der Waals surface area contributed by atoms with E-state index < -0.39 is 0 Å². The summed E-state index contributed by atoms with van der Waals surface area (Å²) in [6.45, 7) is 6.63. The lowest BCUT2D eigenvalue weighted by atomic mass is 10.1. The molecule has 1 N–H and O–H groups in total. The fourth-order valence-electron chi connectivity index (χ4n) is 1.36. The molecule has 2 heteroatoms. The Kier molecular flexibility index (Phi) is 5.05. The lowest BCUT2D eigenvalue weighted by Crippen LogP contribution is -2.25. The van der Waals surface area contributed by atoms with Gasteiger partial charge in [-0.1, -0.05) is 18.2 Å². The molecule has 1 aromatic rings. The highest BCUT2D eigenvalue weighted by molar-refractivity contribution is 5.15. The molecule has 0 amide bonds. The topological polar surface area (TPSA) is 12.0 Å². The van der Waals surface area contributed by atoms with E-state index in [-0.39, 0.29) is 5.82 Å². The van der Waals surface area contributed by atoms with E-state index in [0.29, 0.717) is 6.04 Å².